The molecule has 2 saturated heterocycles. The minimum absolute atomic E-state index is 0. The monoisotopic (exact) mass is 240 g/mol. The van der Waals surface area contributed by atoms with E-state index in [0.717, 1.165) is 12.0 Å². The summed E-state index contributed by atoms with van der Waals surface area (Å²) in [6.45, 7) is 7.55. The smallest absolute Gasteiger partial charge is 0.0145 e. The number of nitrogens with one attached hydrogen (secondary N) is 1. The Bertz CT molecular complexity index is 149. The number of nitrogens with zero attached hydrogens (tertiary/aromatic N) is 1. The van der Waals surface area contributed by atoms with Crippen LogP contribution in [-0.4, -0.2) is 37.1 Å². The van der Waals surface area contributed by atoms with Gasteiger partial charge < -0.3 is 10.2 Å². The summed E-state index contributed by atoms with van der Waals surface area (Å²) < 4.78 is 0. The summed E-state index contributed by atoms with van der Waals surface area (Å²) in [5.41, 5.74) is 0. The maximum Gasteiger partial charge on any atom is 0.0145 e. The molecule has 0 aromatic rings. The average Bonchev–Trinajstić information content (AvgIpc) is 2.57. The van der Waals surface area contributed by atoms with Gasteiger partial charge in [-0.1, -0.05) is 6.92 Å². The van der Waals surface area contributed by atoms with E-state index in [0.29, 0.717) is 0 Å². The highest BCUT2D eigenvalue weighted by Gasteiger charge is 2.28. The highest BCUT2D eigenvalue weighted by Crippen LogP contribution is 2.21. The Morgan fingerprint density at radius 2 is 1.79 bits per heavy atom. The fourth-order valence-corrected chi connectivity index (χ4v) is 2.62. The van der Waals surface area contributed by atoms with Crippen LogP contribution in [0, 0.1) is 5.92 Å². The molecule has 2 nitrogen and oxygen atoms in total. The molecule has 2 rings (SSSR count). The van der Waals surface area contributed by atoms with E-state index in [2.05, 4.69) is 17.1 Å². The molecule has 0 aromatic heterocycles. The van der Waals surface area contributed by atoms with Crippen LogP contribution in [0.4, 0.5) is 0 Å². The molecule has 0 aliphatic carbocycles. The molecule has 0 spiro atoms. The molecule has 4 heteroatoms. The van der Waals surface area contributed by atoms with Crippen LogP contribution in [0.25, 0.3) is 0 Å². The first-order valence-electron chi connectivity index (χ1n) is 5.32. The average molecular weight is 241 g/mol. The number of rotatable bonds is 1. The van der Waals surface area contributed by atoms with Crippen molar-refractivity contribution in [1.29, 1.82) is 0 Å². The van der Waals surface area contributed by atoms with E-state index in [4.69, 9.17) is 0 Å². The number of piperidine rings is 1. The van der Waals surface area contributed by atoms with E-state index in [1.807, 2.05) is 0 Å². The molecular weight excluding hydrogens is 219 g/mol. The van der Waals surface area contributed by atoms with Crippen LogP contribution >= 0.6 is 24.8 Å². The molecule has 2 aliphatic heterocycles. The SMILES string of the molecule is C[C@@H]1CNCC[C@@H]1N1CCCC1.Cl.Cl. The predicted molar refractivity (Wildman–Crippen MR) is 65.7 cm³/mol. The topological polar surface area (TPSA) is 15.3 Å². The highest BCUT2D eigenvalue weighted by atomic mass is 35.5. The van der Waals surface area contributed by atoms with Crippen LogP contribution in [0.5, 0.6) is 0 Å². The van der Waals surface area contributed by atoms with Crippen molar-refractivity contribution >= 4 is 24.8 Å². The standard InChI is InChI=1S/C10H20N2.2ClH/c1-9-8-11-5-4-10(9)12-6-2-3-7-12;;/h9-11H,2-8H2,1H3;2*1H/t9-,10+;;/m1../s1. The second-order valence-corrected chi connectivity index (χ2v) is 4.28. The lowest BCUT2D eigenvalue weighted by atomic mass is 9.94. The van der Waals surface area contributed by atoms with E-state index in [1.54, 1.807) is 0 Å². The fourth-order valence-electron chi connectivity index (χ4n) is 2.62. The Kier molecular flexibility index (Phi) is 7.13. The molecule has 2 atom stereocenters. The molecule has 0 unspecified atom stereocenters. The van der Waals surface area contributed by atoms with Gasteiger partial charge in [-0.3, -0.25) is 0 Å². The van der Waals surface area contributed by atoms with Gasteiger partial charge in [0, 0.05) is 6.04 Å². The molecule has 0 bridgehead atoms. The van der Waals surface area contributed by atoms with Crippen LogP contribution in [0.1, 0.15) is 26.2 Å². The lowest BCUT2D eigenvalue weighted by Crippen LogP contribution is -2.47. The number of hydrogen-bond donors (Lipinski definition) is 1. The summed E-state index contributed by atoms with van der Waals surface area (Å²) in [7, 11) is 0. The van der Waals surface area contributed by atoms with Crippen molar-refractivity contribution in [2.24, 2.45) is 5.92 Å². The van der Waals surface area contributed by atoms with Gasteiger partial charge in [0.1, 0.15) is 0 Å². The summed E-state index contributed by atoms with van der Waals surface area (Å²) in [6, 6.07) is 0.883. The van der Waals surface area contributed by atoms with Crippen molar-refractivity contribution in [2.45, 2.75) is 32.2 Å². The van der Waals surface area contributed by atoms with Crippen LogP contribution < -0.4 is 5.32 Å². The van der Waals surface area contributed by atoms with Crippen molar-refractivity contribution in [1.82, 2.24) is 10.2 Å². The van der Waals surface area contributed by atoms with Crippen molar-refractivity contribution in [3.8, 4) is 0 Å². The van der Waals surface area contributed by atoms with Gasteiger partial charge in [-0.15, -0.1) is 24.8 Å². The van der Waals surface area contributed by atoms with Crippen molar-refractivity contribution in [2.75, 3.05) is 26.2 Å². The van der Waals surface area contributed by atoms with Gasteiger partial charge in [-0.05, 0) is 51.4 Å². The second-order valence-electron chi connectivity index (χ2n) is 4.28. The summed E-state index contributed by atoms with van der Waals surface area (Å²) in [5.74, 6) is 0.858. The molecule has 14 heavy (non-hydrogen) atoms. The van der Waals surface area contributed by atoms with Gasteiger partial charge in [0.05, 0.1) is 0 Å². The van der Waals surface area contributed by atoms with Crippen LogP contribution in [-0.2, 0) is 0 Å². The zero-order valence-electron chi connectivity index (χ0n) is 8.87. The largest absolute Gasteiger partial charge is 0.316 e. The minimum atomic E-state index is 0. The lowest BCUT2D eigenvalue weighted by molar-refractivity contribution is 0.148. The summed E-state index contributed by atoms with van der Waals surface area (Å²) >= 11 is 0. The van der Waals surface area contributed by atoms with Crippen LogP contribution in [0.2, 0.25) is 0 Å². The Labute approximate surface area is 99.6 Å². The first-order chi connectivity index (χ1) is 5.88. The zero-order chi connectivity index (χ0) is 8.39. The van der Waals surface area contributed by atoms with Gasteiger partial charge in [-0.25, -0.2) is 0 Å². The Hall–Kier alpha value is 0.500. The number of halogens is 2. The van der Waals surface area contributed by atoms with Gasteiger partial charge in [0.2, 0.25) is 0 Å². The number of likely N-dealkylation sites (tertiary alicyclic amines) is 1. The molecule has 1 N–H and O–H groups in total. The predicted octanol–water partition coefficient (Wildman–Crippen LogP) is 1.92. The van der Waals surface area contributed by atoms with Crippen molar-refractivity contribution in [3.63, 3.8) is 0 Å². The van der Waals surface area contributed by atoms with E-state index in [-0.39, 0.29) is 24.8 Å². The molecule has 2 aliphatic rings. The van der Waals surface area contributed by atoms with E-state index < -0.39 is 0 Å². The summed E-state index contributed by atoms with van der Waals surface area (Å²) in [6.07, 6.45) is 4.22. The molecule has 0 aromatic carbocycles. The van der Waals surface area contributed by atoms with Gasteiger partial charge in [0.25, 0.3) is 0 Å². The van der Waals surface area contributed by atoms with E-state index in [1.165, 1.54) is 45.4 Å². The minimum Gasteiger partial charge on any atom is -0.316 e. The molecule has 2 heterocycles. The summed E-state index contributed by atoms with van der Waals surface area (Å²) in [4.78, 5) is 2.70. The Balaban J connectivity index is 0.000000845. The molecule has 0 radical (unpaired) electrons. The maximum atomic E-state index is 3.46. The molecule has 0 saturated carbocycles. The Morgan fingerprint density at radius 3 is 2.36 bits per heavy atom. The van der Waals surface area contributed by atoms with Gasteiger partial charge in [0.15, 0.2) is 0 Å². The van der Waals surface area contributed by atoms with Crippen LogP contribution in [0.3, 0.4) is 0 Å². The second kappa shape index (κ2) is 6.89. The normalized spacial score (nSPS) is 33.2. The first kappa shape index (κ1) is 14.5. The van der Waals surface area contributed by atoms with E-state index in [9.17, 15) is 0 Å². The molecule has 2 fully saturated rings. The molecule has 86 valence electrons. The van der Waals surface area contributed by atoms with Crippen molar-refractivity contribution < 1.29 is 0 Å². The molecule has 0 amide bonds. The third kappa shape index (κ3) is 3.27. The summed E-state index contributed by atoms with van der Waals surface area (Å²) in [5, 5.41) is 3.46. The maximum absolute atomic E-state index is 3.46. The van der Waals surface area contributed by atoms with Crippen LogP contribution in [0.15, 0.2) is 0 Å². The van der Waals surface area contributed by atoms with E-state index >= 15 is 0 Å². The van der Waals surface area contributed by atoms with Crippen molar-refractivity contribution in [3.05, 3.63) is 0 Å². The number of hydrogen-bond acceptors (Lipinski definition) is 2. The van der Waals surface area contributed by atoms with Gasteiger partial charge in [-0.2, -0.15) is 0 Å². The zero-order valence-corrected chi connectivity index (χ0v) is 10.5. The third-order valence-electron chi connectivity index (χ3n) is 3.35. The first-order valence-corrected chi connectivity index (χ1v) is 5.32. The van der Waals surface area contributed by atoms with Gasteiger partial charge >= 0.3 is 0 Å². The lowest BCUT2D eigenvalue weighted by Gasteiger charge is -2.36. The third-order valence-corrected chi connectivity index (χ3v) is 3.35. The quantitative estimate of drug-likeness (QED) is 0.754. The highest BCUT2D eigenvalue weighted by molar-refractivity contribution is 5.85. The molecular formula is C10H22Cl2N2. The fraction of sp³-hybridized carbons (Fsp3) is 1.00. The Morgan fingerprint density at radius 1 is 1.14 bits per heavy atom.